The third-order valence-corrected chi connectivity index (χ3v) is 4.42. The molecule has 2 N–H and O–H groups in total. The molecule has 0 aliphatic heterocycles. The SMILES string of the molecule is Cc1ccc(-c2c(C(N)=O)c(C)n(Cc3ccccn3)c2C)cc1. The van der Waals surface area contributed by atoms with E-state index in [1.807, 2.05) is 63.2 Å². The van der Waals surface area contributed by atoms with Crippen LogP contribution in [0.15, 0.2) is 48.7 Å². The van der Waals surface area contributed by atoms with Gasteiger partial charge in [-0.25, -0.2) is 0 Å². The van der Waals surface area contributed by atoms with Gasteiger partial charge in [-0.15, -0.1) is 0 Å². The van der Waals surface area contributed by atoms with E-state index in [2.05, 4.69) is 9.55 Å². The van der Waals surface area contributed by atoms with Crippen molar-refractivity contribution >= 4 is 5.91 Å². The van der Waals surface area contributed by atoms with Crippen LogP contribution in [-0.2, 0) is 6.54 Å². The first-order chi connectivity index (χ1) is 11.5. The van der Waals surface area contributed by atoms with Crippen molar-refractivity contribution in [1.29, 1.82) is 0 Å². The molecule has 3 aromatic rings. The second-order valence-corrected chi connectivity index (χ2v) is 6.06. The lowest BCUT2D eigenvalue weighted by Crippen LogP contribution is -2.13. The van der Waals surface area contributed by atoms with Crippen LogP contribution >= 0.6 is 0 Å². The van der Waals surface area contributed by atoms with Crippen molar-refractivity contribution in [3.05, 3.63) is 76.9 Å². The molecule has 0 radical (unpaired) electrons. The molecule has 0 fully saturated rings. The Morgan fingerprint density at radius 1 is 1.04 bits per heavy atom. The largest absolute Gasteiger partial charge is 0.366 e. The first-order valence-electron chi connectivity index (χ1n) is 7.95. The summed E-state index contributed by atoms with van der Waals surface area (Å²) in [7, 11) is 0. The molecular weight excluding hydrogens is 298 g/mol. The zero-order valence-electron chi connectivity index (χ0n) is 14.2. The fraction of sp³-hybridized carbons (Fsp3) is 0.200. The second-order valence-electron chi connectivity index (χ2n) is 6.06. The number of benzene rings is 1. The molecule has 4 heteroatoms. The van der Waals surface area contributed by atoms with E-state index in [1.165, 1.54) is 5.56 Å². The van der Waals surface area contributed by atoms with Gasteiger partial charge in [0.2, 0.25) is 0 Å². The Morgan fingerprint density at radius 3 is 2.33 bits per heavy atom. The standard InChI is InChI=1S/C20H21N3O/c1-13-7-9-16(10-8-13)18-14(2)23(15(3)19(18)20(21)24)12-17-6-4-5-11-22-17/h4-11H,12H2,1-3H3,(H2,21,24). The van der Waals surface area contributed by atoms with Gasteiger partial charge in [-0.2, -0.15) is 0 Å². The molecule has 1 amide bonds. The van der Waals surface area contributed by atoms with E-state index >= 15 is 0 Å². The minimum atomic E-state index is -0.397. The van der Waals surface area contributed by atoms with Crippen LogP contribution in [0.4, 0.5) is 0 Å². The highest BCUT2D eigenvalue weighted by Gasteiger charge is 2.22. The molecule has 0 saturated heterocycles. The van der Waals surface area contributed by atoms with Crippen molar-refractivity contribution in [2.45, 2.75) is 27.3 Å². The predicted molar refractivity (Wildman–Crippen MR) is 95.9 cm³/mol. The monoisotopic (exact) mass is 319 g/mol. The Bertz CT molecular complexity index is 877. The number of nitrogens with zero attached hydrogens (tertiary/aromatic N) is 2. The molecule has 4 nitrogen and oxygen atoms in total. The summed E-state index contributed by atoms with van der Waals surface area (Å²) in [6.07, 6.45) is 1.78. The number of carbonyl (C=O) groups is 1. The van der Waals surface area contributed by atoms with Crippen LogP contribution in [0, 0.1) is 20.8 Å². The van der Waals surface area contributed by atoms with Crippen molar-refractivity contribution < 1.29 is 4.79 Å². The first kappa shape index (κ1) is 16.0. The van der Waals surface area contributed by atoms with E-state index in [9.17, 15) is 4.79 Å². The van der Waals surface area contributed by atoms with Gasteiger partial charge < -0.3 is 10.3 Å². The smallest absolute Gasteiger partial charge is 0.251 e. The minimum Gasteiger partial charge on any atom is -0.366 e. The zero-order valence-corrected chi connectivity index (χ0v) is 14.2. The number of hydrogen-bond donors (Lipinski definition) is 1. The van der Waals surface area contributed by atoms with Crippen LogP contribution in [0.5, 0.6) is 0 Å². The zero-order chi connectivity index (χ0) is 17.3. The van der Waals surface area contributed by atoms with Gasteiger partial charge in [-0.3, -0.25) is 9.78 Å². The molecule has 0 aliphatic rings. The average molecular weight is 319 g/mol. The van der Waals surface area contributed by atoms with Crippen LogP contribution in [0.2, 0.25) is 0 Å². The Balaban J connectivity index is 2.16. The normalized spacial score (nSPS) is 10.8. The summed E-state index contributed by atoms with van der Waals surface area (Å²) >= 11 is 0. The van der Waals surface area contributed by atoms with E-state index in [0.717, 1.165) is 28.2 Å². The number of carbonyl (C=O) groups excluding carboxylic acids is 1. The van der Waals surface area contributed by atoms with Gasteiger partial charge >= 0.3 is 0 Å². The highest BCUT2D eigenvalue weighted by Crippen LogP contribution is 2.32. The average Bonchev–Trinajstić information content (AvgIpc) is 2.81. The fourth-order valence-corrected chi connectivity index (χ4v) is 3.15. The number of rotatable bonds is 4. The third kappa shape index (κ3) is 2.83. The molecule has 0 saturated carbocycles. The lowest BCUT2D eigenvalue weighted by atomic mass is 9.99. The number of nitrogens with two attached hydrogens (primary N) is 1. The van der Waals surface area contributed by atoms with Gasteiger partial charge in [0.25, 0.3) is 5.91 Å². The Hall–Kier alpha value is -2.88. The summed E-state index contributed by atoms with van der Waals surface area (Å²) in [4.78, 5) is 16.5. The van der Waals surface area contributed by atoms with Crippen molar-refractivity contribution in [1.82, 2.24) is 9.55 Å². The number of pyridine rings is 1. The molecule has 2 heterocycles. The minimum absolute atomic E-state index is 0.397. The number of aryl methyl sites for hydroxylation is 1. The van der Waals surface area contributed by atoms with Gasteiger partial charge in [0, 0.05) is 23.1 Å². The third-order valence-electron chi connectivity index (χ3n) is 4.42. The summed E-state index contributed by atoms with van der Waals surface area (Å²) in [6.45, 7) is 6.62. The topological polar surface area (TPSA) is 60.9 Å². The number of aromatic nitrogens is 2. The van der Waals surface area contributed by atoms with Crippen LogP contribution < -0.4 is 5.73 Å². The fourth-order valence-electron chi connectivity index (χ4n) is 3.15. The molecule has 0 bridgehead atoms. The summed E-state index contributed by atoms with van der Waals surface area (Å²) < 4.78 is 2.11. The number of hydrogen-bond acceptors (Lipinski definition) is 2. The van der Waals surface area contributed by atoms with Gasteiger partial charge in [-0.05, 0) is 38.5 Å². The molecule has 24 heavy (non-hydrogen) atoms. The summed E-state index contributed by atoms with van der Waals surface area (Å²) in [5.74, 6) is -0.397. The van der Waals surface area contributed by atoms with E-state index in [1.54, 1.807) is 6.20 Å². The van der Waals surface area contributed by atoms with Gasteiger partial charge in [0.15, 0.2) is 0 Å². The maximum Gasteiger partial charge on any atom is 0.251 e. The van der Waals surface area contributed by atoms with Gasteiger partial charge in [-0.1, -0.05) is 35.9 Å². The number of primary amides is 1. The Morgan fingerprint density at radius 2 is 1.75 bits per heavy atom. The molecule has 0 unspecified atom stereocenters. The molecule has 122 valence electrons. The number of amides is 1. The van der Waals surface area contributed by atoms with Crippen LogP contribution in [0.25, 0.3) is 11.1 Å². The van der Waals surface area contributed by atoms with E-state index in [0.29, 0.717) is 12.1 Å². The summed E-state index contributed by atoms with van der Waals surface area (Å²) in [6, 6.07) is 14.0. The predicted octanol–water partition coefficient (Wildman–Crippen LogP) is 3.62. The van der Waals surface area contributed by atoms with Gasteiger partial charge in [0.1, 0.15) is 0 Å². The Labute approximate surface area is 142 Å². The maximum atomic E-state index is 12.1. The highest BCUT2D eigenvalue weighted by molar-refractivity contribution is 6.02. The van der Waals surface area contributed by atoms with E-state index in [-0.39, 0.29) is 0 Å². The van der Waals surface area contributed by atoms with Gasteiger partial charge in [0.05, 0.1) is 17.8 Å². The van der Waals surface area contributed by atoms with Crippen molar-refractivity contribution in [2.24, 2.45) is 5.73 Å². The van der Waals surface area contributed by atoms with Crippen molar-refractivity contribution in [3.63, 3.8) is 0 Å². The Kier molecular flexibility index (Phi) is 4.21. The molecule has 3 rings (SSSR count). The molecular formula is C20H21N3O. The molecule has 2 aromatic heterocycles. The van der Waals surface area contributed by atoms with Crippen LogP contribution in [0.1, 0.15) is 33.0 Å². The van der Waals surface area contributed by atoms with Crippen molar-refractivity contribution in [2.75, 3.05) is 0 Å². The van der Waals surface area contributed by atoms with Crippen LogP contribution in [-0.4, -0.2) is 15.5 Å². The first-order valence-corrected chi connectivity index (χ1v) is 7.95. The molecule has 0 atom stereocenters. The summed E-state index contributed by atoms with van der Waals surface area (Å²) in [5.41, 5.74) is 12.2. The van der Waals surface area contributed by atoms with Crippen LogP contribution in [0.3, 0.4) is 0 Å². The van der Waals surface area contributed by atoms with E-state index < -0.39 is 5.91 Å². The van der Waals surface area contributed by atoms with E-state index in [4.69, 9.17) is 5.73 Å². The summed E-state index contributed by atoms with van der Waals surface area (Å²) in [5, 5.41) is 0. The maximum absolute atomic E-state index is 12.1. The highest BCUT2D eigenvalue weighted by atomic mass is 16.1. The molecule has 0 aliphatic carbocycles. The lowest BCUT2D eigenvalue weighted by molar-refractivity contribution is 0.1000. The molecule has 1 aromatic carbocycles. The quantitative estimate of drug-likeness (QED) is 0.798. The second kappa shape index (κ2) is 6.32. The van der Waals surface area contributed by atoms with Crippen molar-refractivity contribution in [3.8, 4) is 11.1 Å². The lowest BCUT2D eigenvalue weighted by Gasteiger charge is -2.09. The molecule has 0 spiro atoms.